The third kappa shape index (κ3) is 192. The second-order valence-electron chi connectivity index (χ2n) is 0.192. The molecule has 8 heavy (non-hydrogen) atoms. The number of carboxylic acid groups (broad SMARTS) is 2. The average molecular weight is 153 g/mol. The van der Waals surface area contributed by atoms with Crippen LogP contribution in [-0.4, -0.2) is 50.7 Å². The van der Waals surface area contributed by atoms with E-state index < -0.39 is 12.9 Å². The van der Waals surface area contributed by atoms with E-state index >= 15 is 0 Å². The van der Waals surface area contributed by atoms with Gasteiger partial charge >= 0.3 is 67.3 Å². The van der Waals surface area contributed by atoms with Crippen molar-refractivity contribution in [3.05, 3.63) is 0 Å². The minimum atomic E-state index is -0.500. The Morgan fingerprint density at radius 2 is 1.00 bits per heavy atom. The largest absolute Gasteiger partial charge is 2.00 e. The van der Waals surface area contributed by atoms with Gasteiger partial charge in [0.1, 0.15) is 0 Å². The van der Waals surface area contributed by atoms with E-state index in [-0.39, 0.29) is 67.3 Å². The fourth-order valence-corrected chi connectivity index (χ4v) is 0. The van der Waals surface area contributed by atoms with Crippen LogP contribution in [0.25, 0.3) is 0 Å². The Labute approximate surface area is 98.6 Å². The summed E-state index contributed by atoms with van der Waals surface area (Å²) < 4.78 is 0. The number of hydrogen-bond acceptors (Lipinski definition) is 4. The molecule has 0 aromatic rings. The molecule has 0 aliphatic carbocycles. The van der Waals surface area contributed by atoms with Gasteiger partial charge in [-0.2, -0.15) is 0 Å². The zero-order chi connectivity index (χ0) is 5.41. The van der Waals surface area contributed by atoms with Crippen LogP contribution in [-0.2, 0) is 9.59 Å². The zero-order valence-corrected chi connectivity index (χ0v) is 8.70. The van der Waals surface area contributed by atoms with E-state index in [1.807, 2.05) is 0 Å². The van der Waals surface area contributed by atoms with Crippen molar-refractivity contribution in [3.8, 4) is 0 Å². The summed E-state index contributed by atoms with van der Waals surface area (Å²) in [4.78, 5) is 16.5. The summed E-state index contributed by atoms with van der Waals surface area (Å²) in [5, 5.41) is 16.5. The molecule has 0 atom stereocenters. The normalized spacial score (nSPS) is 3.00. The Kier molecular flexibility index (Phi) is 119. The van der Waals surface area contributed by atoms with Crippen molar-refractivity contribution >= 4 is 50.7 Å². The standard InChI is InChI=1S/2CH2O2.Ca.Na/c2*2-1-3;;/h2*1H,(H,2,3);;/q;;+2;+1/p-2. The molecule has 0 aliphatic rings. The summed E-state index contributed by atoms with van der Waals surface area (Å²) in [5.74, 6) is 0. The molecule has 0 bridgehead atoms. The number of carbonyl (C=O) groups excluding carboxylic acids is 2. The molecule has 0 fully saturated rings. The smallest absolute Gasteiger partial charge is 0.554 e. The van der Waals surface area contributed by atoms with Crippen LogP contribution in [0.2, 0.25) is 0 Å². The van der Waals surface area contributed by atoms with Crippen molar-refractivity contribution in [3.63, 3.8) is 0 Å². The van der Waals surface area contributed by atoms with Crippen molar-refractivity contribution in [1.82, 2.24) is 0 Å². The van der Waals surface area contributed by atoms with Gasteiger partial charge in [0, 0.05) is 12.9 Å². The molecule has 0 heterocycles. The van der Waals surface area contributed by atoms with Crippen molar-refractivity contribution in [2.75, 3.05) is 0 Å². The summed E-state index contributed by atoms with van der Waals surface area (Å²) in [6.45, 7) is -1.00. The molecular weight excluding hydrogens is 151 g/mol. The SMILES string of the molecule is O=C[O-].O=C[O-].[Ca+2].[Na+]. The van der Waals surface area contributed by atoms with Crippen LogP contribution in [0.3, 0.4) is 0 Å². The van der Waals surface area contributed by atoms with E-state index in [4.69, 9.17) is 19.8 Å². The van der Waals surface area contributed by atoms with E-state index in [9.17, 15) is 0 Å². The molecule has 0 unspecified atom stereocenters. The molecule has 0 radical (unpaired) electrons. The van der Waals surface area contributed by atoms with Gasteiger partial charge in [-0.05, 0) is 0 Å². The van der Waals surface area contributed by atoms with Crippen LogP contribution in [0.5, 0.6) is 0 Å². The predicted molar refractivity (Wildman–Crippen MR) is 17.9 cm³/mol. The Morgan fingerprint density at radius 1 is 1.00 bits per heavy atom. The molecule has 6 heteroatoms. The molecule has 0 aliphatic heterocycles. The zero-order valence-electron chi connectivity index (χ0n) is 4.49. The van der Waals surface area contributed by atoms with Crippen LogP contribution in [0.15, 0.2) is 0 Å². The van der Waals surface area contributed by atoms with Gasteiger partial charge in [-0.25, -0.2) is 0 Å². The van der Waals surface area contributed by atoms with E-state index in [0.29, 0.717) is 0 Å². The minimum absolute atomic E-state index is 0. The van der Waals surface area contributed by atoms with Crippen LogP contribution < -0.4 is 39.8 Å². The first-order valence-electron chi connectivity index (χ1n) is 0.943. The van der Waals surface area contributed by atoms with Crippen LogP contribution in [0, 0.1) is 0 Å². The molecule has 4 nitrogen and oxygen atoms in total. The number of hydrogen-bond donors (Lipinski definition) is 0. The molecule has 0 aromatic carbocycles. The maximum Gasteiger partial charge on any atom is 2.00 e. The molecule has 0 amide bonds. The third-order valence-corrected chi connectivity index (χ3v) is 0. The monoisotopic (exact) mass is 153 g/mol. The Balaban J connectivity index is -0.0000000160. The van der Waals surface area contributed by atoms with Gasteiger partial charge in [0.15, 0.2) is 0 Å². The Morgan fingerprint density at radius 3 is 1.00 bits per heavy atom. The van der Waals surface area contributed by atoms with E-state index in [2.05, 4.69) is 0 Å². The fourth-order valence-electron chi connectivity index (χ4n) is 0. The second kappa shape index (κ2) is 41.5. The van der Waals surface area contributed by atoms with Gasteiger partial charge in [-0.15, -0.1) is 0 Å². The summed E-state index contributed by atoms with van der Waals surface area (Å²) in [6, 6.07) is 0. The van der Waals surface area contributed by atoms with Gasteiger partial charge in [0.05, 0.1) is 0 Å². The first-order valence-corrected chi connectivity index (χ1v) is 0.943. The first-order chi connectivity index (χ1) is 2.83. The Bertz CT molecular complexity index is 35.0. The molecular formula is C2H2CaNaO4+. The Hall–Kier alpha value is 1.20. The first kappa shape index (κ1) is 22.9. The predicted octanol–water partition coefficient (Wildman–Crippen LogP) is -6.64. The van der Waals surface area contributed by atoms with Gasteiger partial charge in [0.2, 0.25) is 0 Å². The van der Waals surface area contributed by atoms with Gasteiger partial charge in [-0.1, -0.05) is 0 Å². The van der Waals surface area contributed by atoms with E-state index in [1.165, 1.54) is 0 Å². The van der Waals surface area contributed by atoms with Gasteiger partial charge < -0.3 is 19.8 Å². The molecule has 0 rings (SSSR count). The molecule has 36 valence electrons. The third-order valence-electron chi connectivity index (χ3n) is 0. The molecule has 0 saturated heterocycles. The topological polar surface area (TPSA) is 80.3 Å². The summed E-state index contributed by atoms with van der Waals surface area (Å²) in [5.41, 5.74) is 0. The molecule has 0 spiro atoms. The van der Waals surface area contributed by atoms with Crippen molar-refractivity contribution < 1.29 is 49.4 Å². The summed E-state index contributed by atoms with van der Waals surface area (Å²) >= 11 is 0. The summed E-state index contributed by atoms with van der Waals surface area (Å²) in [6.07, 6.45) is 0. The van der Waals surface area contributed by atoms with Crippen LogP contribution >= 0.6 is 0 Å². The van der Waals surface area contributed by atoms with E-state index in [0.717, 1.165) is 0 Å². The van der Waals surface area contributed by atoms with Crippen molar-refractivity contribution in [2.45, 2.75) is 0 Å². The van der Waals surface area contributed by atoms with Crippen molar-refractivity contribution in [1.29, 1.82) is 0 Å². The maximum atomic E-state index is 8.25. The maximum absolute atomic E-state index is 8.25. The molecule has 0 N–H and O–H groups in total. The second-order valence-corrected chi connectivity index (χ2v) is 0.192. The van der Waals surface area contributed by atoms with Crippen LogP contribution in [0.1, 0.15) is 0 Å². The van der Waals surface area contributed by atoms with Crippen LogP contribution in [0.4, 0.5) is 0 Å². The van der Waals surface area contributed by atoms with Gasteiger partial charge in [0.25, 0.3) is 0 Å². The number of rotatable bonds is 0. The van der Waals surface area contributed by atoms with Gasteiger partial charge in [-0.3, -0.25) is 0 Å². The molecule has 0 aromatic heterocycles. The molecule has 0 saturated carbocycles. The average Bonchev–Trinajstić information content (AvgIpc) is 1.39. The summed E-state index contributed by atoms with van der Waals surface area (Å²) in [7, 11) is 0. The van der Waals surface area contributed by atoms with E-state index in [1.54, 1.807) is 0 Å². The minimum Gasteiger partial charge on any atom is -0.554 e. The quantitative estimate of drug-likeness (QED) is 0.256. The van der Waals surface area contributed by atoms with Crippen molar-refractivity contribution in [2.24, 2.45) is 0 Å². The number of carbonyl (C=O) groups is 2. The fraction of sp³-hybridized carbons (Fsp3) is 0.